The van der Waals surface area contributed by atoms with Gasteiger partial charge in [0.05, 0.1) is 11.6 Å². The zero-order valence-electron chi connectivity index (χ0n) is 11.1. The van der Waals surface area contributed by atoms with Crippen LogP contribution in [0.5, 0.6) is 0 Å². The van der Waals surface area contributed by atoms with Crippen LogP contribution in [0, 0.1) is 17.1 Å². The number of piperidine rings is 1. The van der Waals surface area contributed by atoms with Crippen LogP contribution in [0.4, 0.5) is 4.39 Å². The second-order valence-corrected chi connectivity index (χ2v) is 5.93. The second-order valence-electron chi connectivity index (χ2n) is 5.08. The van der Waals surface area contributed by atoms with Crippen LogP contribution in [0.2, 0.25) is 0 Å². The number of nitriles is 1. The summed E-state index contributed by atoms with van der Waals surface area (Å²) in [6.07, 6.45) is 1.18. The van der Waals surface area contributed by atoms with Crippen molar-refractivity contribution in [2.75, 3.05) is 20.1 Å². The first-order valence-corrected chi connectivity index (χ1v) is 7.12. The first kappa shape index (κ1) is 14.9. The molecule has 0 atom stereocenters. The molecule has 0 aliphatic carbocycles. The number of amides is 1. The Balaban J connectivity index is 2.16. The number of carbonyl (C=O) groups excluding carboxylic acids is 1. The summed E-state index contributed by atoms with van der Waals surface area (Å²) in [5.41, 5.74) is -0.503. The van der Waals surface area contributed by atoms with E-state index in [2.05, 4.69) is 32.2 Å². The number of nitrogens with one attached hydrogen (secondary N) is 1. The number of carbonyl (C=O) groups is 1. The Kier molecular flexibility index (Phi) is 4.41. The molecule has 0 aromatic heterocycles. The molecular formula is C14H15BrFN3O. The standard InChI is InChI=1S/C14H15BrFN3O/c1-19-6-4-14(9-17,5-7-19)18-13(20)11-3-2-10(16)8-12(11)15/h2-3,8H,4-7H2,1H3,(H,18,20). The summed E-state index contributed by atoms with van der Waals surface area (Å²) >= 11 is 3.17. The zero-order valence-corrected chi connectivity index (χ0v) is 12.7. The molecule has 0 spiro atoms. The Labute approximate surface area is 125 Å². The predicted molar refractivity (Wildman–Crippen MR) is 76.6 cm³/mol. The van der Waals surface area contributed by atoms with Gasteiger partial charge in [0.25, 0.3) is 5.91 Å². The second kappa shape index (κ2) is 5.90. The third kappa shape index (κ3) is 3.17. The van der Waals surface area contributed by atoms with E-state index in [0.717, 1.165) is 13.1 Å². The van der Waals surface area contributed by atoms with Crippen molar-refractivity contribution in [2.45, 2.75) is 18.4 Å². The van der Waals surface area contributed by atoms with Crippen molar-refractivity contribution in [1.82, 2.24) is 10.2 Å². The van der Waals surface area contributed by atoms with Crippen LogP contribution in [0.1, 0.15) is 23.2 Å². The van der Waals surface area contributed by atoms with Crippen molar-refractivity contribution >= 4 is 21.8 Å². The summed E-state index contributed by atoms with van der Waals surface area (Å²) in [5.74, 6) is -0.773. The average Bonchev–Trinajstić information content (AvgIpc) is 2.41. The van der Waals surface area contributed by atoms with Crippen molar-refractivity contribution < 1.29 is 9.18 Å². The molecule has 1 aromatic rings. The lowest BCUT2D eigenvalue weighted by Crippen LogP contribution is -2.53. The van der Waals surface area contributed by atoms with Crippen molar-refractivity contribution in [3.8, 4) is 6.07 Å². The lowest BCUT2D eigenvalue weighted by Gasteiger charge is -2.36. The molecule has 1 saturated heterocycles. The first-order chi connectivity index (χ1) is 9.46. The molecule has 0 bridgehead atoms. The highest BCUT2D eigenvalue weighted by atomic mass is 79.9. The van der Waals surface area contributed by atoms with Crippen molar-refractivity contribution in [2.24, 2.45) is 0 Å². The number of hydrogen-bond acceptors (Lipinski definition) is 3. The number of halogens is 2. The molecule has 2 rings (SSSR count). The SMILES string of the molecule is CN1CCC(C#N)(NC(=O)c2ccc(F)cc2Br)CC1. The smallest absolute Gasteiger partial charge is 0.253 e. The lowest BCUT2D eigenvalue weighted by molar-refractivity contribution is 0.0881. The molecule has 0 unspecified atom stereocenters. The molecule has 106 valence electrons. The van der Waals surface area contributed by atoms with Gasteiger partial charge in [-0.15, -0.1) is 0 Å². The van der Waals surface area contributed by atoms with E-state index in [-0.39, 0.29) is 5.91 Å². The van der Waals surface area contributed by atoms with Crippen LogP contribution in [-0.4, -0.2) is 36.5 Å². The molecule has 0 radical (unpaired) electrons. The van der Waals surface area contributed by atoms with Crippen LogP contribution in [0.15, 0.2) is 22.7 Å². The molecule has 1 heterocycles. The van der Waals surface area contributed by atoms with E-state index < -0.39 is 11.4 Å². The summed E-state index contributed by atoms with van der Waals surface area (Å²) in [7, 11) is 1.99. The van der Waals surface area contributed by atoms with E-state index in [4.69, 9.17) is 0 Å². The Hall–Kier alpha value is -1.45. The van der Waals surface area contributed by atoms with Gasteiger partial charge in [-0.2, -0.15) is 5.26 Å². The van der Waals surface area contributed by atoms with Crippen molar-refractivity contribution in [1.29, 1.82) is 5.26 Å². The molecule has 4 nitrogen and oxygen atoms in total. The largest absolute Gasteiger partial charge is 0.334 e. The Morgan fingerprint density at radius 1 is 1.50 bits per heavy atom. The molecule has 1 N–H and O–H groups in total. The topological polar surface area (TPSA) is 56.1 Å². The zero-order chi connectivity index (χ0) is 14.8. The summed E-state index contributed by atoms with van der Waals surface area (Å²) in [5, 5.41) is 12.2. The lowest BCUT2D eigenvalue weighted by atomic mass is 9.89. The highest BCUT2D eigenvalue weighted by Gasteiger charge is 2.35. The van der Waals surface area contributed by atoms with Gasteiger partial charge >= 0.3 is 0 Å². The highest BCUT2D eigenvalue weighted by molar-refractivity contribution is 9.10. The fraction of sp³-hybridized carbons (Fsp3) is 0.429. The summed E-state index contributed by atoms with van der Waals surface area (Å²) < 4.78 is 13.4. The van der Waals surface area contributed by atoms with Gasteiger partial charge in [-0.1, -0.05) is 0 Å². The number of rotatable bonds is 2. The molecule has 1 fully saturated rings. The van der Waals surface area contributed by atoms with Crippen LogP contribution < -0.4 is 5.32 Å². The summed E-state index contributed by atoms with van der Waals surface area (Å²) in [6.45, 7) is 1.52. The van der Waals surface area contributed by atoms with Crippen LogP contribution in [-0.2, 0) is 0 Å². The number of nitrogens with zero attached hydrogens (tertiary/aromatic N) is 2. The van der Waals surface area contributed by atoms with Gasteiger partial charge in [0.2, 0.25) is 0 Å². The molecule has 1 amide bonds. The van der Waals surface area contributed by atoms with Gasteiger partial charge < -0.3 is 10.2 Å². The Bertz CT molecular complexity index is 562. The fourth-order valence-corrected chi connectivity index (χ4v) is 2.75. The van der Waals surface area contributed by atoms with E-state index >= 15 is 0 Å². The molecule has 1 aliphatic rings. The third-order valence-electron chi connectivity index (χ3n) is 3.58. The van der Waals surface area contributed by atoms with Gasteiger partial charge in [-0.05, 0) is 54.0 Å². The van der Waals surface area contributed by atoms with Gasteiger partial charge in [-0.25, -0.2) is 4.39 Å². The first-order valence-electron chi connectivity index (χ1n) is 6.33. The van der Waals surface area contributed by atoms with Gasteiger partial charge in [0.1, 0.15) is 11.4 Å². The maximum absolute atomic E-state index is 13.0. The van der Waals surface area contributed by atoms with E-state index in [1.54, 1.807) is 0 Å². The van der Waals surface area contributed by atoms with Crippen molar-refractivity contribution in [3.05, 3.63) is 34.1 Å². The maximum Gasteiger partial charge on any atom is 0.253 e. The summed E-state index contributed by atoms with van der Waals surface area (Å²) in [6, 6.07) is 6.10. The number of benzene rings is 1. The van der Waals surface area contributed by atoms with Crippen molar-refractivity contribution in [3.63, 3.8) is 0 Å². The average molecular weight is 340 g/mol. The van der Waals surface area contributed by atoms with E-state index in [1.165, 1.54) is 18.2 Å². The minimum atomic E-state index is -0.836. The number of likely N-dealkylation sites (tertiary alicyclic amines) is 1. The third-order valence-corrected chi connectivity index (χ3v) is 4.24. The minimum absolute atomic E-state index is 0.333. The molecule has 20 heavy (non-hydrogen) atoms. The normalized spacial score (nSPS) is 18.3. The Morgan fingerprint density at radius 2 is 2.15 bits per heavy atom. The Morgan fingerprint density at radius 3 is 2.70 bits per heavy atom. The fourth-order valence-electron chi connectivity index (χ4n) is 2.22. The van der Waals surface area contributed by atoms with Crippen LogP contribution >= 0.6 is 15.9 Å². The van der Waals surface area contributed by atoms with E-state index in [1.807, 2.05) is 7.05 Å². The van der Waals surface area contributed by atoms with Gasteiger partial charge in [0, 0.05) is 17.6 Å². The van der Waals surface area contributed by atoms with Crippen LogP contribution in [0.25, 0.3) is 0 Å². The van der Waals surface area contributed by atoms with Crippen LogP contribution in [0.3, 0.4) is 0 Å². The maximum atomic E-state index is 13.0. The summed E-state index contributed by atoms with van der Waals surface area (Å²) in [4.78, 5) is 14.4. The molecule has 6 heteroatoms. The predicted octanol–water partition coefficient (Wildman–Crippen LogP) is 2.31. The van der Waals surface area contributed by atoms with Gasteiger partial charge in [-0.3, -0.25) is 4.79 Å². The molecule has 0 saturated carbocycles. The highest BCUT2D eigenvalue weighted by Crippen LogP contribution is 2.23. The quantitative estimate of drug-likeness (QED) is 0.899. The van der Waals surface area contributed by atoms with E-state index in [0.29, 0.717) is 22.9 Å². The molecular weight excluding hydrogens is 325 g/mol. The van der Waals surface area contributed by atoms with E-state index in [9.17, 15) is 14.4 Å². The minimum Gasteiger partial charge on any atom is -0.334 e. The van der Waals surface area contributed by atoms with Gasteiger partial charge in [0.15, 0.2) is 0 Å². The molecule has 1 aromatic carbocycles. The molecule has 1 aliphatic heterocycles. The monoisotopic (exact) mass is 339 g/mol. The number of hydrogen-bond donors (Lipinski definition) is 1.